The molecule has 1 amide bonds. The molecule has 0 fully saturated rings. The van der Waals surface area contributed by atoms with E-state index in [1.165, 1.54) is 0 Å². The highest BCUT2D eigenvalue weighted by molar-refractivity contribution is 5.95. The Balaban J connectivity index is 2.33. The summed E-state index contributed by atoms with van der Waals surface area (Å²) in [7, 11) is 0. The molecule has 2 rings (SSSR count). The van der Waals surface area contributed by atoms with Gasteiger partial charge in [-0.05, 0) is 36.8 Å². The standard InChI is InChI=1S/C15H17N3O2/c1-10(16)14(11-6-8-18-9-7-11)20-13-5-3-2-4-12(13)15(17)19/h2-10,14H,16H2,1H3,(H2,17,19). The molecule has 0 saturated carbocycles. The Bertz CT molecular complexity index is 585. The summed E-state index contributed by atoms with van der Waals surface area (Å²) in [6, 6.07) is 10.3. The second-order valence-electron chi connectivity index (χ2n) is 4.54. The van der Waals surface area contributed by atoms with Crippen LogP contribution in [0.2, 0.25) is 0 Å². The molecule has 0 radical (unpaired) electrons. The van der Waals surface area contributed by atoms with Gasteiger partial charge in [0.15, 0.2) is 0 Å². The van der Waals surface area contributed by atoms with Gasteiger partial charge in [0.25, 0.3) is 5.91 Å². The van der Waals surface area contributed by atoms with Crippen LogP contribution in [0.15, 0.2) is 48.8 Å². The summed E-state index contributed by atoms with van der Waals surface area (Å²) in [4.78, 5) is 15.4. The molecule has 5 heteroatoms. The highest BCUT2D eigenvalue weighted by atomic mass is 16.5. The van der Waals surface area contributed by atoms with E-state index in [0.29, 0.717) is 11.3 Å². The molecule has 1 aromatic heterocycles. The zero-order valence-corrected chi connectivity index (χ0v) is 11.2. The zero-order valence-electron chi connectivity index (χ0n) is 11.2. The van der Waals surface area contributed by atoms with E-state index in [9.17, 15) is 4.79 Å². The lowest BCUT2D eigenvalue weighted by Crippen LogP contribution is -2.29. The van der Waals surface area contributed by atoms with Crippen LogP contribution in [0.5, 0.6) is 5.75 Å². The number of carbonyl (C=O) groups is 1. The van der Waals surface area contributed by atoms with Crippen LogP contribution in [0.3, 0.4) is 0 Å². The molecule has 0 aliphatic carbocycles. The molecule has 104 valence electrons. The van der Waals surface area contributed by atoms with E-state index in [-0.39, 0.29) is 12.1 Å². The first kappa shape index (κ1) is 14.0. The van der Waals surface area contributed by atoms with Crippen molar-refractivity contribution in [2.75, 3.05) is 0 Å². The number of nitrogens with zero attached hydrogens (tertiary/aromatic N) is 1. The van der Waals surface area contributed by atoms with Crippen molar-refractivity contribution >= 4 is 5.91 Å². The lowest BCUT2D eigenvalue weighted by atomic mass is 10.1. The van der Waals surface area contributed by atoms with Gasteiger partial charge in [0.1, 0.15) is 11.9 Å². The van der Waals surface area contributed by atoms with Crippen LogP contribution in [-0.2, 0) is 0 Å². The minimum absolute atomic E-state index is 0.252. The predicted molar refractivity (Wildman–Crippen MR) is 76.2 cm³/mol. The smallest absolute Gasteiger partial charge is 0.252 e. The second kappa shape index (κ2) is 6.16. The maximum Gasteiger partial charge on any atom is 0.252 e. The Kier molecular flexibility index (Phi) is 4.32. The van der Waals surface area contributed by atoms with E-state index >= 15 is 0 Å². The average molecular weight is 271 g/mol. The zero-order chi connectivity index (χ0) is 14.5. The Morgan fingerprint density at radius 3 is 2.45 bits per heavy atom. The van der Waals surface area contributed by atoms with Gasteiger partial charge < -0.3 is 16.2 Å². The van der Waals surface area contributed by atoms with Gasteiger partial charge in [0.05, 0.1) is 5.56 Å². The SMILES string of the molecule is CC(N)C(Oc1ccccc1C(N)=O)c1ccncc1. The number of benzene rings is 1. The summed E-state index contributed by atoms with van der Waals surface area (Å²) in [5.41, 5.74) is 12.6. The van der Waals surface area contributed by atoms with Crippen molar-refractivity contribution in [3.8, 4) is 5.75 Å². The second-order valence-corrected chi connectivity index (χ2v) is 4.54. The third kappa shape index (κ3) is 3.13. The average Bonchev–Trinajstić information content (AvgIpc) is 2.45. The van der Waals surface area contributed by atoms with Crippen LogP contribution >= 0.6 is 0 Å². The Labute approximate surface area is 117 Å². The van der Waals surface area contributed by atoms with Gasteiger partial charge >= 0.3 is 0 Å². The number of amides is 1. The number of rotatable bonds is 5. The summed E-state index contributed by atoms with van der Waals surface area (Å²) in [5.74, 6) is -0.0992. The number of hydrogen-bond acceptors (Lipinski definition) is 4. The van der Waals surface area contributed by atoms with Gasteiger partial charge in [-0.1, -0.05) is 12.1 Å². The van der Waals surface area contributed by atoms with Crippen LogP contribution in [0.25, 0.3) is 0 Å². The molecule has 2 aromatic rings. The van der Waals surface area contributed by atoms with E-state index in [0.717, 1.165) is 5.56 Å². The fraction of sp³-hybridized carbons (Fsp3) is 0.200. The highest BCUT2D eigenvalue weighted by Gasteiger charge is 2.20. The van der Waals surface area contributed by atoms with Gasteiger partial charge in [0, 0.05) is 18.4 Å². The number of pyridine rings is 1. The van der Waals surface area contributed by atoms with Crippen LogP contribution in [0, 0.1) is 0 Å². The number of aromatic nitrogens is 1. The van der Waals surface area contributed by atoms with Crippen molar-refractivity contribution in [3.63, 3.8) is 0 Å². The first-order chi connectivity index (χ1) is 9.59. The van der Waals surface area contributed by atoms with Gasteiger partial charge in [-0.25, -0.2) is 0 Å². The number of nitrogens with two attached hydrogens (primary N) is 2. The molecule has 2 atom stereocenters. The molecule has 4 N–H and O–H groups in total. The first-order valence-electron chi connectivity index (χ1n) is 6.30. The molecule has 0 bridgehead atoms. The van der Waals surface area contributed by atoms with Crippen molar-refractivity contribution in [1.29, 1.82) is 0 Å². The van der Waals surface area contributed by atoms with Crippen LogP contribution in [-0.4, -0.2) is 16.9 Å². The van der Waals surface area contributed by atoms with Crippen molar-refractivity contribution in [2.24, 2.45) is 11.5 Å². The van der Waals surface area contributed by atoms with Gasteiger partial charge in [0.2, 0.25) is 0 Å². The van der Waals surface area contributed by atoms with E-state index in [1.54, 1.807) is 36.7 Å². The number of primary amides is 1. The van der Waals surface area contributed by atoms with Gasteiger partial charge in [-0.2, -0.15) is 0 Å². The van der Waals surface area contributed by atoms with Crippen LogP contribution in [0.4, 0.5) is 0 Å². The summed E-state index contributed by atoms with van der Waals surface area (Å²) < 4.78 is 5.90. The van der Waals surface area contributed by atoms with Gasteiger partial charge in [-0.15, -0.1) is 0 Å². The van der Waals surface area contributed by atoms with E-state index in [1.807, 2.05) is 19.1 Å². The van der Waals surface area contributed by atoms with Crippen LogP contribution in [0.1, 0.15) is 28.9 Å². The molecule has 5 nitrogen and oxygen atoms in total. The fourth-order valence-corrected chi connectivity index (χ4v) is 1.94. The normalized spacial score (nSPS) is 13.5. The summed E-state index contributed by atoms with van der Waals surface area (Å²) >= 11 is 0. The summed E-state index contributed by atoms with van der Waals surface area (Å²) in [5, 5.41) is 0. The molecule has 0 aliphatic rings. The largest absolute Gasteiger partial charge is 0.483 e. The van der Waals surface area contributed by atoms with Crippen molar-refractivity contribution in [3.05, 3.63) is 59.9 Å². The quantitative estimate of drug-likeness (QED) is 0.865. The lowest BCUT2D eigenvalue weighted by Gasteiger charge is -2.23. The Hall–Kier alpha value is -2.40. The third-order valence-corrected chi connectivity index (χ3v) is 2.92. The number of hydrogen-bond donors (Lipinski definition) is 2. The molecule has 0 aliphatic heterocycles. The number of ether oxygens (including phenoxy) is 1. The van der Waals surface area contributed by atoms with Crippen molar-refractivity contribution in [1.82, 2.24) is 4.98 Å². The van der Waals surface area contributed by atoms with E-state index in [2.05, 4.69) is 4.98 Å². The maximum absolute atomic E-state index is 11.4. The molecular formula is C15H17N3O2. The molecule has 0 spiro atoms. The van der Waals surface area contributed by atoms with Gasteiger partial charge in [-0.3, -0.25) is 9.78 Å². The van der Waals surface area contributed by atoms with E-state index < -0.39 is 5.91 Å². The Morgan fingerprint density at radius 1 is 1.20 bits per heavy atom. The summed E-state index contributed by atoms with van der Waals surface area (Å²) in [6.07, 6.45) is 2.97. The highest BCUT2D eigenvalue weighted by Crippen LogP contribution is 2.26. The number of carbonyl (C=O) groups excluding carboxylic acids is 1. The molecule has 20 heavy (non-hydrogen) atoms. The molecular weight excluding hydrogens is 254 g/mol. The minimum Gasteiger partial charge on any atom is -0.483 e. The first-order valence-corrected chi connectivity index (χ1v) is 6.30. The van der Waals surface area contributed by atoms with Crippen LogP contribution < -0.4 is 16.2 Å². The summed E-state index contributed by atoms with van der Waals surface area (Å²) in [6.45, 7) is 1.85. The topological polar surface area (TPSA) is 91.2 Å². The van der Waals surface area contributed by atoms with E-state index in [4.69, 9.17) is 16.2 Å². The minimum atomic E-state index is -0.529. The number of para-hydroxylation sites is 1. The fourth-order valence-electron chi connectivity index (χ4n) is 1.94. The van der Waals surface area contributed by atoms with Crippen molar-refractivity contribution in [2.45, 2.75) is 19.1 Å². The lowest BCUT2D eigenvalue weighted by molar-refractivity contribution is 0.0990. The molecule has 0 saturated heterocycles. The monoisotopic (exact) mass is 271 g/mol. The third-order valence-electron chi connectivity index (χ3n) is 2.92. The molecule has 1 heterocycles. The van der Waals surface area contributed by atoms with Crippen molar-refractivity contribution < 1.29 is 9.53 Å². The predicted octanol–water partition coefficient (Wildman–Crippen LogP) is 1.65. The molecule has 2 unspecified atom stereocenters. The molecule has 1 aromatic carbocycles. The maximum atomic E-state index is 11.4. The Morgan fingerprint density at radius 2 is 1.85 bits per heavy atom.